The molecule has 0 atom stereocenters. The van der Waals surface area contributed by atoms with E-state index in [-0.39, 0.29) is 11.7 Å². The molecule has 1 aromatic heterocycles. The van der Waals surface area contributed by atoms with Crippen molar-refractivity contribution in [2.45, 2.75) is 17.9 Å². The Hall–Kier alpha value is -1.18. The Morgan fingerprint density at radius 1 is 1.43 bits per heavy atom. The summed E-state index contributed by atoms with van der Waals surface area (Å²) in [5.41, 5.74) is 1.67. The highest BCUT2D eigenvalue weighted by Gasteiger charge is 2.10. The van der Waals surface area contributed by atoms with Gasteiger partial charge in [-0.3, -0.25) is 4.79 Å². The van der Waals surface area contributed by atoms with E-state index in [2.05, 4.69) is 15.5 Å². The number of hydrogen-bond acceptors (Lipinski definition) is 6. The van der Waals surface area contributed by atoms with Gasteiger partial charge in [-0.05, 0) is 30.9 Å². The molecule has 0 saturated heterocycles. The molecule has 2 rings (SSSR count). The Balaban J connectivity index is 1.88. The second kappa shape index (κ2) is 7.72. The summed E-state index contributed by atoms with van der Waals surface area (Å²) in [5, 5.41) is 11.6. The maximum Gasteiger partial charge on any atom is 0.277 e. The molecule has 0 aliphatic carbocycles. The number of aryl methyl sites for hydroxylation is 1. The molecule has 1 amide bonds. The zero-order valence-corrected chi connectivity index (χ0v) is 13.9. The van der Waals surface area contributed by atoms with Crippen LogP contribution in [0.3, 0.4) is 0 Å². The van der Waals surface area contributed by atoms with E-state index in [9.17, 15) is 4.79 Å². The number of carbonyl (C=O) groups is 1. The van der Waals surface area contributed by atoms with Crippen molar-refractivity contribution >= 4 is 46.7 Å². The third-order valence-corrected chi connectivity index (χ3v) is 4.11. The van der Waals surface area contributed by atoms with Crippen LogP contribution in [0.15, 0.2) is 27.8 Å². The molecule has 0 radical (unpaired) electrons. The predicted octanol–water partition coefficient (Wildman–Crippen LogP) is 3.63. The van der Waals surface area contributed by atoms with Gasteiger partial charge in [-0.15, -0.1) is 10.2 Å². The fourth-order valence-corrected chi connectivity index (χ4v) is 2.64. The number of hydrogen-bond donors (Lipinski definition) is 1. The van der Waals surface area contributed by atoms with Crippen LogP contribution in [0.25, 0.3) is 0 Å². The SMILES string of the molecule is CSCc1nnc(SCC(=O)Nc2cc(Cl)ccc2C)o1. The summed E-state index contributed by atoms with van der Waals surface area (Å²) in [6.45, 7) is 1.91. The number of amides is 1. The molecular weight excluding hydrogens is 330 g/mol. The molecule has 21 heavy (non-hydrogen) atoms. The molecule has 0 saturated carbocycles. The Morgan fingerprint density at radius 2 is 2.24 bits per heavy atom. The van der Waals surface area contributed by atoms with Gasteiger partial charge in [0.2, 0.25) is 11.8 Å². The predicted molar refractivity (Wildman–Crippen MR) is 87.1 cm³/mol. The maximum atomic E-state index is 11.9. The van der Waals surface area contributed by atoms with Crippen LogP contribution in [-0.2, 0) is 10.5 Å². The Labute approximate surface area is 136 Å². The summed E-state index contributed by atoms with van der Waals surface area (Å²) in [5.74, 6) is 1.29. The Kier molecular flexibility index (Phi) is 5.96. The van der Waals surface area contributed by atoms with E-state index in [1.54, 1.807) is 23.9 Å². The molecule has 0 bridgehead atoms. The normalized spacial score (nSPS) is 10.6. The van der Waals surface area contributed by atoms with Gasteiger partial charge in [-0.1, -0.05) is 29.4 Å². The molecule has 2 aromatic rings. The number of nitrogens with one attached hydrogen (secondary N) is 1. The lowest BCUT2D eigenvalue weighted by Crippen LogP contribution is -2.14. The first-order valence-electron chi connectivity index (χ1n) is 6.08. The number of carbonyl (C=O) groups excluding carboxylic acids is 1. The topological polar surface area (TPSA) is 68.0 Å². The van der Waals surface area contributed by atoms with Crippen molar-refractivity contribution in [3.8, 4) is 0 Å². The minimum Gasteiger partial charge on any atom is -0.415 e. The lowest BCUT2D eigenvalue weighted by atomic mass is 10.2. The highest BCUT2D eigenvalue weighted by Crippen LogP contribution is 2.22. The first kappa shape index (κ1) is 16.2. The summed E-state index contributed by atoms with van der Waals surface area (Å²) in [6, 6.07) is 5.37. The standard InChI is InChI=1S/C13H14ClN3O2S2/c1-8-3-4-9(14)5-10(8)15-11(18)6-21-13-17-16-12(19-13)7-20-2/h3-5H,6-7H2,1-2H3,(H,15,18). The van der Waals surface area contributed by atoms with Gasteiger partial charge in [0.1, 0.15) is 0 Å². The van der Waals surface area contributed by atoms with Gasteiger partial charge in [0.15, 0.2) is 0 Å². The Morgan fingerprint density at radius 3 is 3.00 bits per heavy atom. The summed E-state index contributed by atoms with van der Waals surface area (Å²) in [4.78, 5) is 11.9. The van der Waals surface area contributed by atoms with Crippen LogP contribution in [0.5, 0.6) is 0 Å². The molecule has 112 valence electrons. The van der Waals surface area contributed by atoms with Gasteiger partial charge in [0.05, 0.1) is 11.5 Å². The second-order valence-electron chi connectivity index (χ2n) is 4.19. The minimum absolute atomic E-state index is 0.144. The van der Waals surface area contributed by atoms with E-state index in [1.807, 2.05) is 19.2 Å². The van der Waals surface area contributed by atoms with Gasteiger partial charge >= 0.3 is 0 Å². The van der Waals surface area contributed by atoms with Crippen LogP contribution in [0.1, 0.15) is 11.5 Å². The van der Waals surface area contributed by atoms with Crippen molar-refractivity contribution < 1.29 is 9.21 Å². The van der Waals surface area contributed by atoms with Crippen molar-refractivity contribution in [3.63, 3.8) is 0 Å². The molecule has 1 N–H and O–H groups in total. The summed E-state index contributed by atoms with van der Waals surface area (Å²) in [6.07, 6.45) is 1.96. The molecule has 1 heterocycles. The van der Waals surface area contributed by atoms with E-state index in [4.69, 9.17) is 16.0 Å². The fraction of sp³-hybridized carbons (Fsp3) is 0.308. The van der Waals surface area contributed by atoms with Crippen molar-refractivity contribution in [3.05, 3.63) is 34.7 Å². The van der Waals surface area contributed by atoms with Crippen LogP contribution < -0.4 is 5.32 Å². The van der Waals surface area contributed by atoms with Crippen LogP contribution in [0.4, 0.5) is 5.69 Å². The number of halogens is 1. The first-order valence-corrected chi connectivity index (χ1v) is 8.84. The molecule has 0 fully saturated rings. The largest absolute Gasteiger partial charge is 0.415 e. The number of thioether (sulfide) groups is 2. The fourth-order valence-electron chi connectivity index (χ4n) is 1.52. The number of rotatable bonds is 6. The lowest BCUT2D eigenvalue weighted by molar-refractivity contribution is -0.113. The van der Waals surface area contributed by atoms with Crippen LogP contribution in [0.2, 0.25) is 5.02 Å². The smallest absolute Gasteiger partial charge is 0.277 e. The molecule has 0 aliphatic heterocycles. The quantitative estimate of drug-likeness (QED) is 0.808. The zero-order chi connectivity index (χ0) is 15.2. The number of nitrogens with zero attached hydrogens (tertiary/aromatic N) is 2. The highest BCUT2D eigenvalue weighted by molar-refractivity contribution is 7.99. The number of anilines is 1. The number of benzene rings is 1. The number of aromatic nitrogens is 2. The molecule has 5 nitrogen and oxygen atoms in total. The third-order valence-electron chi connectivity index (χ3n) is 2.52. The van der Waals surface area contributed by atoms with Crippen LogP contribution >= 0.6 is 35.1 Å². The monoisotopic (exact) mass is 343 g/mol. The average molecular weight is 344 g/mol. The summed E-state index contributed by atoms with van der Waals surface area (Å²) >= 11 is 8.72. The third kappa shape index (κ3) is 4.94. The van der Waals surface area contributed by atoms with E-state index in [0.717, 1.165) is 5.56 Å². The first-order chi connectivity index (χ1) is 10.1. The van der Waals surface area contributed by atoms with E-state index < -0.39 is 0 Å². The van der Waals surface area contributed by atoms with Crippen molar-refractivity contribution in [2.75, 3.05) is 17.3 Å². The lowest BCUT2D eigenvalue weighted by Gasteiger charge is -2.07. The molecule has 0 spiro atoms. The highest BCUT2D eigenvalue weighted by atomic mass is 35.5. The van der Waals surface area contributed by atoms with E-state index in [1.165, 1.54) is 11.8 Å². The second-order valence-corrected chi connectivity index (χ2v) is 6.42. The van der Waals surface area contributed by atoms with Gasteiger partial charge in [-0.25, -0.2) is 0 Å². The average Bonchev–Trinajstić information content (AvgIpc) is 2.89. The van der Waals surface area contributed by atoms with Gasteiger partial charge in [0, 0.05) is 10.7 Å². The molecule has 0 aliphatic rings. The van der Waals surface area contributed by atoms with Gasteiger partial charge in [0.25, 0.3) is 5.22 Å². The zero-order valence-electron chi connectivity index (χ0n) is 11.6. The molecule has 8 heteroatoms. The van der Waals surface area contributed by atoms with Gasteiger partial charge < -0.3 is 9.73 Å². The van der Waals surface area contributed by atoms with E-state index >= 15 is 0 Å². The summed E-state index contributed by atoms with van der Waals surface area (Å²) < 4.78 is 5.39. The van der Waals surface area contributed by atoms with E-state index in [0.29, 0.717) is 27.6 Å². The van der Waals surface area contributed by atoms with Crippen LogP contribution in [0, 0.1) is 6.92 Å². The molecular formula is C13H14ClN3O2S2. The minimum atomic E-state index is -0.144. The Bertz CT molecular complexity index is 634. The molecule has 0 unspecified atom stereocenters. The van der Waals surface area contributed by atoms with Crippen molar-refractivity contribution in [2.24, 2.45) is 0 Å². The maximum absolute atomic E-state index is 11.9. The van der Waals surface area contributed by atoms with Crippen molar-refractivity contribution in [1.29, 1.82) is 0 Å². The van der Waals surface area contributed by atoms with Crippen LogP contribution in [-0.4, -0.2) is 28.1 Å². The molecule has 1 aromatic carbocycles. The van der Waals surface area contributed by atoms with Gasteiger partial charge in [-0.2, -0.15) is 11.8 Å². The van der Waals surface area contributed by atoms with Crippen molar-refractivity contribution in [1.82, 2.24) is 10.2 Å². The summed E-state index contributed by atoms with van der Waals surface area (Å²) in [7, 11) is 0.